The van der Waals surface area contributed by atoms with Crippen molar-refractivity contribution >= 4 is 0 Å². The maximum absolute atomic E-state index is 5.55. The zero-order chi connectivity index (χ0) is 12.0. The minimum atomic E-state index is 0.138. The standard InChI is InChI=1S/C14H22O2/c1-11(2)12-7-5-6-8-13(12)14(16-4)9-10-15-3/h5-8,11,14H,9-10H2,1-4H3. The topological polar surface area (TPSA) is 18.5 Å². The monoisotopic (exact) mass is 222 g/mol. The van der Waals surface area contributed by atoms with Crippen molar-refractivity contribution in [2.45, 2.75) is 32.3 Å². The SMILES string of the molecule is COCCC(OC)c1ccccc1C(C)C. The predicted molar refractivity (Wildman–Crippen MR) is 66.8 cm³/mol. The first-order valence-corrected chi connectivity index (χ1v) is 5.81. The Morgan fingerprint density at radius 2 is 1.69 bits per heavy atom. The van der Waals surface area contributed by atoms with Crippen LogP contribution in [-0.4, -0.2) is 20.8 Å². The summed E-state index contributed by atoms with van der Waals surface area (Å²) in [7, 11) is 3.48. The van der Waals surface area contributed by atoms with Gasteiger partial charge in [-0.2, -0.15) is 0 Å². The van der Waals surface area contributed by atoms with Crippen LogP contribution in [0.4, 0.5) is 0 Å². The van der Waals surface area contributed by atoms with E-state index in [4.69, 9.17) is 9.47 Å². The van der Waals surface area contributed by atoms with Gasteiger partial charge in [-0.3, -0.25) is 0 Å². The molecule has 0 aromatic heterocycles. The van der Waals surface area contributed by atoms with E-state index in [0.717, 1.165) is 13.0 Å². The van der Waals surface area contributed by atoms with Crippen LogP contribution in [0.5, 0.6) is 0 Å². The third-order valence-electron chi connectivity index (χ3n) is 2.83. The molecule has 1 unspecified atom stereocenters. The molecular formula is C14H22O2. The Labute approximate surface area is 98.6 Å². The molecule has 0 heterocycles. The molecule has 0 amide bonds. The van der Waals surface area contributed by atoms with Crippen LogP contribution in [0.3, 0.4) is 0 Å². The molecule has 2 heteroatoms. The molecule has 0 bridgehead atoms. The number of benzene rings is 1. The third-order valence-corrected chi connectivity index (χ3v) is 2.83. The minimum absolute atomic E-state index is 0.138. The fourth-order valence-corrected chi connectivity index (χ4v) is 1.96. The van der Waals surface area contributed by atoms with Gasteiger partial charge in [-0.1, -0.05) is 38.1 Å². The van der Waals surface area contributed by atoms with Crippen molar-refractivity contribution in [1.29, 1.82) is 0 Å². The molecule has 1 atom stereocenters. The highest BCUT2D eigenvalue weighted by atomic mass is 16.5. The van der Waals surface area contributed by atoms with E-state index in [2.05, 4.69) is 38.1 Å². The highest BCUT2D eigenvalue weighted by molar-refractivity contribution is 5.31. The molecule has 0 aliphatic heterocycles. The van der Waals surface area contributed by atoms with E-state index in [1.165, 1.54) is 11.1 Å². The van der Waals surface area contributed by atoms with Crippen LogP contribution >= 0.6 is 0 Å². The summed E-state index contributed by atoms with van der Waals surface area (Å²) in [6.07, 6.45) is 1.04. The lowest BCUT2D eigenvalue weighted by atomic mass is 9.93. The molecule has 0 spiro atoms. The van der Waals surface area contributed by atoms with E-state index in [0.29, 0.717) is 5.92 Å². The fraction of sp³-hybridized carbons (Fsp3) is 0.571. The van der Waals surface area contributed by atoms with Crippen molar-refractivity contribution < 1.29 is 9.47 Å². The van der Waals surface area contributed by atoms with Gasteiger partial charge >= 0.3 is 0 Å². The second-order valence-electron chi connectivity index (χ2n) is 4.29. The lowest BCUT2D eigenvalue weighted by Gasteiger charge is -2.20. The van der Waals surface area contributed by atoms with Gasteiger partial charge in [-0.25, -0.2) is 0 Å². The number of hydrogen-bond acceptors (Lipinski definition) is 2. The van der Waals surface area contributed by atoms with Gasteiger partial charge in [0.2, 0.25) is 0 Å². The summed E-state index contributed by atoms with van der Waals surface area (Å²) in [4.78, 5) is 0. The van der Waals surface area contributed by atoms with E-state index in [1.807, 2.05) is 0 Å². The van der Waals surface area contributed by atoms with E-state index in [-0.39, 0.29) is 6.10 Å². The lowest BCUT2D eigenvalue weighted by molar-refractivity contribution is 0.0654. The van der Waals surface area contributed by atoms with Gasteiger partial charge in [-0.05, 0) is 17.0 Å². The van der Waals surface area contributed by atoms with Crippen molar-refractivity contribution in [3.8, 4) is 0 Å². The first-order chi connectivity index (χ1) is 7.70. The zero-order valence-corrected chi connectivity index (χ0v) is 10.7. The second-order valence-corrected chi connectivity index (χ2v) is 4.29. The molecular weight excluding hydrogens is 200 g/mol. The fourth-order valence-electron chi connectivity index (χ4n) is 1.96. The number of rotatable bonds is 6. The van der Waals surface area contributed by atoms with Crippen molar-refractivity contribution in [2.24, 2.45) is 0 Å². The van der Waals surface area contributed by atoms with Gasteiger partial charge in [0.05, 0.1) is 6.10 Å². The van der Waals surface area contributed by atoms with Gasteiger partial charge in [0.1, 0.15) is 0 Å². The second kappa shape index (κ2) is 6.66. The quantitative estimate of drug-likeness (QED) is 0.733. The van der Waals surface area contributed by atoms with Crippen LogP contribution in [-0.2, 0) is 9.47 Å². The molecule has 0 saturated carbocycles. The van der Waals surface area contributed by atoms with Gasteiger partial charge < -0.3 is 9.47 Å². The summed E-state index contributed by atoms with van der Waals surface area (Å²) in [5.41, 5.74) is 2.66. The Balaban J connectivity index is 2.90. The highest BCUT2D eigenvalue weighted by Crippen LogP contribution is 2.28. The average Bonchev–Trinajstić information content (AvgIpc) is 2.30. The smallest absolute Gasteiger partial charge is 0.0845 e. The Morgan fingerprint density at radius 1 is 1.06 bits per heavy atom. The molecule has 0 fully saturated rings. The molecule has 0 radical (unpaired) electrons. The number of hydrogen-bond donors (Lipinski definition) is 0. The van der Waals surface area contributed by atoms with Crippen molar-refractivity contribution in [3.05, 3.63) is 35.4 Å². The van der Waals surface area contributed by atoms with E-state index < -0.39 is 0 Å². The molecule has 90 valence electrons. The maximum atomic E-state index is 5.55. The van der Waals surface area contributed by atoms with Crippen LogP contribution in [0.1, 0.15) is 43.4 Å². The van der Waals surface area contributed by atoms with Crippen molar-refractivity contribution in [3.63, 3.8) is 0 Å². The lowest BCUT2D eigenvalue weighted by Crippen LogP contribution is -2.08. The van der Waals surface area contributed by atoms with Gasteiger partial charge in [0, 0.05) is 27.2 Å². The molecule has 0 N–H and O–H groups in total. The Bertz CT molecular complexity index is 307. The first-order valence-electron chi connectivity index (χ1n) is 5.81. The predicted octanol–water partition coefficient (Wildman–Crippen LogP) is 3.53. The Kier molecular flexibility index (Phi) is 5.50. The molecule has 2 nitrogen and oxygen atoms in total. The summed E-state index contributed by atoms with van der Waals surface area (Å²) in [6, 6.07) is 8.49. The molecule has 1 aromatic carbocycles. The third kappa shape index (κ3) is 3.32. The summed E-state index contributed by atoms with van der Waals surface area (Å²) in [5, 5.41) is 0. The van der Waals surface area contributed by atoms with Crippen LogP contribution in [0.25, 0.3) is 0 Å². The Morgan fingerprint density at radius 3 is 2.19 bits per heavy atom. The summed E-state index contributed by atoms with van der Waals surface area (Å²) < 4.78 is 10.7. The summed E-state index contributed by atoms with van der Waals surface area (Å²) in [5.74, 6) is 0.524. The maximum Gasteiger partial charge on any atom is 0.0845 e. The van der Waals surface area contributed by atoms with E-state index >= 15 is 0 Å². The number of ether oxygens (including phenoxy) is 2. The zero-order valence-electron chi connectivity index (χ0n) is 10.7. The first kappa shape index (κ1) is 13.2. The van der Waals surface area contributed by atoms with Crippen LogP contribution < -0.4 is 0 Å². The largest absolute Gasteiger partial charge is 0.385 e. The molecule has 0 aliphatic carbocycles. The van der Waals surface area contributed by atoms with Crippen LogP contribution in [0.15, 0.2) is 24.3 Å². The molecule has 0 aliphatic rings. The summed E-state index contributed by atoms with van der Waals surface area (Å²) >= 11 is 0. The van der Waals surface area contributed by atoms with Crippen molar-refractivity contribution in [1.82, 2.24) is 0 Å². The van der Waals surface area contributed by atoms with E-state index in [9.17, 15) is 0 Å². The van der Waals surface area contributed by atoms with Crippen molar-refractivity contribution in [2.75, 3.05) is 20.8 Å². The average molecular weight is 222 g/mol. The Hall–Kier alpha value is -0.860. The number of methoxy groups -OCH3 is 2. The summed E-state index contributed by atoms with van der Waals surface area (Å²) in [6.45, 7) is 5.15. The van der Waals surface area contributed by atoms with Gasteiger partial charge in [0.25, 0.3) is 0 Å². The van der Waals surface area contributed by atoms with Gasteiger partial charge in [-0.15, -0.1) is 0 Å². The molecule has 1 rings (SSSR count). The normalized spacial score (nSPS) is 13.1. The molecule has 16 heavy (non-hydrogen) atoms. The van der Waals surface area contributed by atoms with Crippen LogP contribution in [0, 0.1) is 0 Å². The van der Waals surface area contributed by atoms with E-state index in [1.54, 1.807) is 14.2 Å². The minimum Gasteiger partial charge on any atom is -0.385 e. The molecule has 1 aromatic rings. The molecule has 0 saturated heterocycles. The highest BCUT2D eigenvalue weighted by Gasteiger charge is 2.15. The van der Waals surface area contributed by atoms with Crippen LogP contribution in [0.2, 0.25) is 0 Å². The van der Waals surface area contributed by atoms with Gasteiger partial charge in [0.15, 0.2) is 0 Å².